The minimum atomic E-state index is -4.33. The van der Waals surface area contributed by atoms with Crippen LogP contribution in [0.15, 0.2) is 65.7 Å². The van der Waals surface area contributed by atoms with Crippen molar-refractivity contribution in [2.75, 3.05) is 15.8 Å². The zero-order valence-corrected chi connectivity index (χ0v) is 16.7. The summed E-state index contributed by atoms with van der Waals surface area (Å²) in [4.78, 5) is 4.06. The summed E-state index contributed by atoms with van der Waals surface area (Å²) in [6, 6.07) is 12.3. The van der Waals surface area contributed by atoms with Gasteiger partial charge in [-0.05, 0) is 24.3 Å². The lowest BCUT2D eigenvalue weighted by Crippen LogP contribution is -2.47. The second-order valence-electron chi connectivity index (χ2n) is 6.86. The van der Waals surface area contributed by atoms with E-state index in [1.54, 1.807) is 24.3 Å². The van der Waals surface area contributed by atoms with E-state index in [4.69, 9.17) is 0 Å². The van der Waals surface area contributed by atoms with Gasteiger partial charge in [0, 0.05) is 17.6 Å². The van der Waals surface area contributed by atoms with Crippen LogP contribution in [0.1, 0.15) is 0 Å². The van der Waals surface area contributed by atoms with Crippen molar-refractivity contribution in [3.8, 4) is 5.75 Å². The van der Waals surface area contributed by atoms with E-state index in [0.29, 0.717) is 5.39 Å². The molecule has 10 heteroatoms. The van der Waals surface area contributed by atoms with Gasteiger partial charge in [0.25, 0.3) is 10.0 Å². The fraction of sp³-hybridized carbons (Fsp3) is 0.211. The number of aliphatic hydroxyl groups is 1. The van der Waals surface area contributed by atoms with Crippen LogP contribution >= 0.6 is 0 Å². The Hall–Kier alpha value is -2.69. The first kappa shape index (κ1) is 19.6. The molecule has 0 radical (unpaired) electrons. The molecule has 0 saturated carbocycles. The number of pyridine rings is 1. The topological polar surface area (TPSA) is 125 Å². The number of fused-ring (bicyclic) bond motifs is 1. The highest BCUT2D eigenvalue weighted by atomic mass is 32.2. The zero-order chi connectivity index (χ0) is 20.8. The molecule has 0 bridgehead atoms. The second kappa shape index (κ2) is 6.97. The van der Waals surface area contributed by atoms with Crippen LogP contribution in [0.25, 0.3) is 10.9 Å². The van der Waals surface area contributed by atoms with Crippen molar-refractivity contribution in [2.45, 2.75) is 17.0 Å². The average molecular weight is 434 g/mol. The standard InChI is InChI=1S/C19H18N2O6S2/c22-15-7-2-6-14(10-15)21(16-11-28(24,25)12-17(16)23)29(26,27)18-8-1-4-13-5-3-9-20-19(13)18/h1-10,16-17,22-23H,11-12H2/t16-,17-/m0/s1. The number of rotatable bonds is 4. The summed E-state index contributed by atoms with van der Waals surface area (Å²) in [5.41, 5.74) is 0.287. The third-order valence-electron chi connectivity index (χ3n) is 4.81. The molecule has 152 valence electrons. The molecule has 0 unspecified atom stereocenters. The Morgan fingerprint density at radius 1 is 1.03 bits per heavy atom. The van der Waals surface area contributed by atoms with Crippen molar-refractivity contribution in [1.82, 2.24) is 4.98 Å². The fourth-order valence-electron chi connectivity index (χ4n) is 3.56. The summed E-state index contributed by atoms with van der Waals surface area (Å²) in [5.74, 6) is -1.24. The second-order valence-corrected chi connectivity index (χ2v) is 10.8. The number of nitrogens with zero attached hydrogens (tertiary/aromatic N) is 2. The number of phenolic OH excluding ortho intramolecular Hbond substituents is 1. The van der Waals surface area contributed by atoms with E-state index in [1.807, 2.05) is 0 Å². The molecule has 4 rings (SSSR count). The predicted molar refractivity (Wildman–Crippen MR) is 108 cm³/mol. The van der Waals surface area contributed by atoms with Gasteiger partial charge in [0.15, 0.2) is 9.84 Å². The Morgan fingerprint density at radius 3 is 2.45 bits per heavy atom. The number of sulfone groups is 1. The van der Waals surface area contributed by atoms with Gasteiger partial charge in [-0.2, -0.15) is 0 Å². The molecule has 3 aromatic rings. The van der Waals surface area contributed by atoms with Crippen molar-refractivity contribution in [3.05, 3.63) is 60.8 Å². The number of aliphatic hydroxyl groups excluding tert-OH is 1. The monoisotopic (exact) mass is 434 g/mol. The zero-order valence-electron chi connectivity index (χ0n) is 15.1. The highest BCUT2D eigenvalue weighted by molar-refractivity contribution is 7.93. The third-order valence-corrected chi connectivity index (χ3v) is 8.40. The molecule has 1 fully saturated rings. The Morgan fingerprint density at radius 2 is 1.76 bits per heavy atom. The average Bonchev–Trinajstić information content (AvgIpc) is 2.93. The number of sulfonamides is 1. The lowest BCUT2D eigenvalue weighted by Gasteiger charge is -2.31. The lowest BCUT2D eigenvalue weighted by molar-refractivity contribution is 0.184. The highest BCUT2D eigenvalue weighted by Gasteiger charge is 2.45. The molecule has 1 aliphatic rings. The van der Waals surface area contributed by atoms with Crippen molar-refractivity contribution in [3.63, 3.8) is 0 Å². The minimum Gasteiger partial charge on any atom is -0.508 e. The molecule has 0 aliphatic carbocycles. The van der Waals surface area contributed by atoms with Crippen molar-refractivity contribution < 1.29 is 27.0 Å². The van der Waals surface area contributed by atoms with E-state index < -0.39 is 43.5 Å². The lowest BCUT2D eigenvalue weighted by atomic mass is 10.2. The highest BCUT2D eigenvalue weighted by Crippen LogP contribution is 2.34. The smallest absolute Gasteiger partial charge is 0.266 e. The molecule has 0 spiro atoms. The molecule has 0 amide bonds. The van der Waals surface area contributed by atoms with Gasteiger partial charge in [0.1, 0.15) is 10.6 Å². The van der Waals surface area contributed by atoms with Crippen LogP contribution in [0.3, 0.4) is 0 Å². The molecule has 1 saturated heterocycles. The summed E-state index contributed by atoms with van der Waals surface area (Å²) in [7, 11) is -7.96. The fourth-order valence-corrected chi connectivity index (χ4v) is 7.27. The van der Waals surface area contributed by atoms with Crippen molar-refractivity contribution in [1.29, 1.82) is 0 Å². The predicted octanol–water partition coefficient (Wildman–Crippen LogP) is 1.29. The van der Waals surface area contributed by atoms with Crippen LogP contribution in [0.2, 0.25) is 0 Å². The molecule has 2 N–H and O–H groups in total. The van der Waals surface area contributed by atoms with Gasteiger partial charge in [-0.25, -0.2) is 16.8 Å². The van der Waals surface area contributed by atoms with Crippen LogP contribution in [-0.4, -0.2) is 55.7 Å². The molecule has 1 aliphatic heterocycles. The van der Waals surface area contributed by atoms with E-state index >= 15 is 0 Å². The summed E-state index contributed by atoms with van der Waals surface area (Å²) < 4.78 is 52.5. The largest absolute Gasteiger partial charge is 0.508 e. The Kier molecular flexibility index (Phi) is 4.72. The minimum absolute atomic E-state index is 0.0547. The van der Waals surface area contributed by atoms with Gasteiger partial charge in [-0.15, -0.1) is 0 Å². The van der Waals surface area contributed by atoms with E-state index in [-0.39, 0.29) is 21.8 Å². The number of hydrogen-bond donors (Lipinski definition) is 2. The van der Waals surface area contributed by atoms with Crippen molar-refractivity contribution >= 4 is 36.5 Å². The van der Waals surface area contributed by atoms with Gasteiger partial charge in [0.2, 0.25) is 0 Å². The number of para-hydroxylation sites is 1. The first-order valence-corrected chi connectivity index (χ1v) is 12.0. The van der Waals surface area contributed by atoms with Crippen LogP contribution < -0.4 is 4.31 Å². The molecule has 2 atom stereocenters. The third kappa shape index (κ3) is 3.54. The van der Waals surface area contributed by atoms with Crippen molar-refractivity contribution in [2.24, 2.45) is 0 Å². The van der Waals surface area contributed by atoms with Gasteiger partial charge in [-0.3, -0.25) is 9.29 Å². The van der Waals surface area contributed by atoms with Crippen LogP contribution in [0, 0.1) is 0 Å². The molecular formula is C19H18N2O6S2. The number of anilines is 1. The quantitative estimate of drug-likeness (QED) is 0.634. The molecule has 29 heavy (non-hydrogen) atoms. The number of aromatic nitrogens is 1. The van der Waals surface area contributed by atoms with Crippen LogP contribution in [0.4, 0.5) is 5.69 Å². The van der Waals surface area contributed by atoms with Gasteiger partial charge in [0.05, 0.1) is 34.9 Å². The molecule has 2 aromatic carbocycles. The number of phenols is 1. The first-order valence-electron chi connectivity index (χ1n) is 8.75. The maximum Gasteiger partial charge on any atom is 0.266 e. The van der Waals surface area contributed by atoms with E-state index in [9.17, 15) is 27.0 Å². The number of aromatic hydroxyl groups is 1. The van der Waals surface area contributed by atoms with Crippen LogP contribution in [0.5, 0.6) is 5.75 Å². The Bertz CT molecular complexity index is 1290. The number of benzene rings is 2. The molecular weight excluding hydrogens is 416 g/mol. The Balaban J connectivity index is 1.95. The number of hydrogen-bond acceptors (Lipinski definition) is 7. The van der Waals surface area contributed by atoms with E-state index in [1.165, 1.54) is 36.5 Å². The normalized spacial score (nSPS) is 21.3. The summed E-state index contributed by atoms with van der Waals surface area (Å²) in [5, 5.41) is 20.9. The Labute approximate surface area is 168 Å². The van der Waals surface area contributed by atoms with Gasteiger partial charge < -0.3 is 10.2 Å². The molecule has 2 heterocycles. The summed E-state index contributed by atoms with van der Waals surface area (Å²) >= 11 is 0. The van der Waals surface area contributed by atoms with E-state index in [0.717, 1.165) is 4.31 Å². The summed E-state index contributed by atoms with van der Waals surface area (Å²) in [6.07, 6.45) is 0.0645. The SMILES string of the molecule is O=S1(=O)C[C@H](O)[C@@H](N(c2cccc(O)c2)S(=O)(=O)c2cccc3cccnc23)C1. The van der Waals surface area contributed by atoms with Gasteiger partial charge in [-0.1, -0.05) is 24.3 Å². The van der Waals surface area contributed by atoms with Gasteiger partial charge >= 0.3 is 0 Å². The maximum atomic E-state index is 13.7. The molecule has 1 aromatic heterocycles. The maximum absolute atomic E-state index is 13.7. The van der Waals surface area contributed by atoms with E-state index in [2.05, 4.69) is 4.98 Å². The summed E-state index contributed by atoms with van der Waals surface area (Å²) in [6.45, 7) is 0. The first-order chi connectivity index (χ1) is 13.7. The molecule has 8 nitrogen and oxygen atoms in total. The van der Waals surface area contributed by atoms with Crippen LogP contribution in [-0.2, 0) is 19.9 Å².